The molecule has 0 spiro atoms. The van der Waals surface area contributed by atoms with Crippen molar-refractivity contribution in [1.29, 1.82) is 0 Å². The van der Waals surface area contributed by atoms with Crippen molar-refractivity contribution < 1.29 is 14.6 Å². The first-order chi connectivity index (χ1) is 11.7. The predicted molar refractivity (Wildman–Crippen MR) is 86.9 cm³/mol. The Morgan fingerprint density at radius 3 is 2.75 bits per heavy atom. The van der Waals surface area contributed by atoms with E-state index in [1.54, 1.807) is 15.7 Å². The van der Waals surface area contributed by atoms with Crippen molar-refractivity contribution in [3.8, 4) is 5.75 Å². The molecule has 1 fully saturated rings. The van der Waals surface area contributed by atoms with Crippen molar-refractivity contribution in [1.82, 2.24) is 9.47 Å². The van der Waals surface area contributed by atoms with Gasteiger partial charge in [0.15, 0.2) is 17.7 Å². The highest BCUT2D eigenvalue weighted by Crippen LogP contribution is 2.34. The fourth-order valence-corrected chi connectivity index (χ4v) is 3.55. The third-order valence-corrected chi connectivity index (χ3v) is 4.68. The molecule has 1 aromatic carbocycles. The number of hydrogen-bond donors (Lipinski definition) is 1. The van der Waals surface area contributed by atoms with Crippen LogP contribution in [0.4, 0.5) is 0 Å². The highest BCUT2D eigenvalue weighted by Gasteiger charge is 2.43. The van der Waals surface area contributed by atoms with Crippen LogP contribution in [-0.2, 0) is 11.2 Å². The maximum Gasteiger partial charge on any atom is 0.276 e. The summed E-state index contributed by atoms with van der Waals surface area (Å²) in [4.78, 5) is 26.2. The highest BCUT2D eigenvalue weighted by molar-refractivity contribution is 5.96. The van der Waals surface area contributed by atoms with Crippen molar-refractivity contribution in [2.24, 2.45) is 0 Å². The van der Waals surface area contributed by atoms with E-state index in [9.17, 15) is 14.7 Å². The molecule has 6 heteroatoms. The molecule has 2 atom stereocenters. The van der Waals surface area contributed by atoms with Crippen LogP contribution in [0.25, 0.3) is 0 Å². The lowest BCUT2D eigenvalue weighted by Crippen LogP contribution is -2.56. The van der Waals surface area contributed by atoms with E-state index in [1.165, 1.54) is 6.07 Å². The maximum absolute atomic E-state index is 12.7. The number of carbonyl (C=O) groups excluding carboxylic acids is 1. The Morgan fingerprint density at radius 2 is 1.96 bits per heavy atom. The largest absolute Gasteiger partial charge is 0.503 e. The number of pyridine rings is 1. The van der Waals surface area contributed by atoms with Gasteiger partial charge in [-0.2, -0.15) is 0 Å². The lowest BCUT2D eigenvalue weighted by atomic mass is 9.99. The summed E-state index contributed by atoms with van der Waals surface area (Å²) in [6.07, 6.45) is 2.59. The molecule has 124 valence electrons. The third kappa shape index (κ3) is 2.30. The molecule has 1 aromatic heterocycles. The number of fused-ring (bicyclic) bond motifs is 2. The standard InChI is InChI=1S/C18H18N2O4/c21-14-7-9-19-13(11-12-5-2-1-3-6-12)18-20(8-4-10-24-18)17(23)15(19)16(14)22/h1-3,5-7,9,13,18,22H,4,8,10-11H2/t13?,18-/m0/s1. The number of ether oxygens (including phenoxy) is 1. The Bertz CT molecular complexity index is 831. The summed E-state index contributed by atoms with van der Waals surface area (Å²) in [5.41, 5.74) is 0.629. The number of amides is 1. The van der Waals surface area contributed by atoms with Crippen molar-refractivity contribution in [3.05, 3.63) is 64.1 Å². The quantitative estimate of drug-likeness (QED) is 0.909. The zero-order chi connectivity index (χ0) is 16.7. The zero-order valence-electron chi connectivity index (χ0n) is 13.1. The molecule has 2 aromatic rings. The average molecular weight is 326 g/mol. The van der Waals surface area contributed by atoms with Gasteiger partial charge in [0.1, 0.15) is 0 Å². The molecule has 6 nitrogen and oxygen atoms in total. The molecule has 1 saturated heterocycles. The van der Waals surface area contributed by atoms with Crippen LogP contribution in [0.3, 0.4) is 0 Å². The Kier molecular flexibility index (Phi) is 3.61. The molecule has 0 radical (unpaired) electrons. The molecule has 0 aliphatic carbocycles. The van der Waals surface area contributed by atoms with Crippen LogP contribution >= 0.6 is 0 Å². The molecule has 4 rings (SSSR count). The zero-order valence-corrected chi connectivity index (χ0v) is 13.1. The van der Waals surface area contributed by atoms with E-state index >= 15 is 0 Å². The normalized spacial score (nSPS) is 22.8. The van der Waals surface area contributed by atoms with Crippen LogP contribution in [0.15, 0.2) is 47.4 Å². The SMILES string of the molecule is O=C1c2c(O)c(=O)ccn2C(Cc2ccccc2)[C@@H]2OCCCN12. The number of nitrogens with zero attached hydrogens (tertiary/aromatic N) is 2. The van der Waals surface area contributed by atoms with Gasteiger partial charge in [0, 0.05) is 18.8 Å². The fourth-order valence-electron chi connectivity index (χ4n) is 3.55. The molecule has 1 unspecified atom stereocenters. The summed E-state index contributed by atoms with van der Waals surface area (Å²) >= 11 is 0. The van der Waals surface area contributed by atoms with Gasteiger partial charge in [-0.3, -0.25) is 9.59 Å². The molecule has 24 heavy (non-hydrogen) atoms. The van der Waals surface area contributed by atoms with Crippen LogP contribution in [0, 0.1) is 0 Å². The predicted octanol–water partition coefficient (Wildman–Crippen LogP) is 1.54. The topological polar surface area (TPSA) is 71.8 Å². The van der Waals surface area contributed by atoms with Crippen LogP contribution in [0.2, 0.25) is 0 Å². The summed E-state index contributed by atoms with van der Waals surface area (Å²) in [6, 6.07) is 11.0. The van der Waals surface area contributed by atoms with Crippen LogP contribution in [0.1, 0.15) is 28.5 Å². The molecule has 3 heterocycles. The van der Waals surface area contributed by atoms with Crippen LogP contribution in [0.5, 0.6) is 5.75 Å². The van der Waals surface area contributed by atoms with Gasteiger partial charge in [0.2, 0.25) is 5.43 Å². The number of aromatic hydroxyl groups is 1. The second kappa shape index (κ2) is 5.79. The minimum Gasteiger partial charge on any atom is -0.503 e. The van der Waals surface area contributed by atoms with Gasteiger partial charge in [0.05, 0.1) is 12.6 Å². The van der Waals surface area contributed by atoms with Gasteiger partial charge in [-0.15, -0.1) is 0 Å². The van der Waals surface area contributed by atoms with E-state index in [0.29, 0.717) is 19.6 Å². The number of benzene rings is 1. The minimum absolute atomic E-state index is 0.0604. The van der Waals surface area contributed by atoms with Crippen molar-refractivity contribution >= 4 is 5.91 Å². The van der Waals surface area contributed by atoms with Crippen molar-refractivity contribution in [2.45, 2.75) is 25.1 Å². The summed E-state index contributed by atoms with van der Waals surface area (Å²) in [5.74, 6) is -0.830. The number of hydrogen-bond acceptors (Lipinski definition) is 4. The van der Waals surface area contributed by atoms with Gasteiger partial charge in [-0.05, 0) is 18.4 Å². The Balaban J connectivity index is 1.84. The maximum atomic E-state index is 12.7. The second-order valence-electron chi connectivity index (χ2n) is 6.15. The Morgan fingerprint density at radius 1 is 1.17 bits per heavy atom. The van der Waals surface area contributed by atoms with Gasteiger partial charge in [-0.25, -0.2) is 0 Å². The molecule has 0 bridgehead atoms. The Hall–Kier alpha value is -2.60. The first kappa shape index (κ1) is 15.0. The average Bonchev–Trinajstić information content (AvgIpc) is 2.62. The van der Waals surface area contributed by atoms with E-state index in [1.807, 2.05) is 30.3 Å². The minimum atomic E-state index is -0.538. The van der Waals surface area contributed by atoms with Gasteiger partial charge >= 0.3 is 0 Å². The fraction of sp³-hybridized carbons (Fsp3) is 0.333. The molecule has 0 saturated carbocycles. The lowest BCUT2D eigenvalue weighted by molar-refractivity contribution is -0.111. The molecule has 1 N–H and O–H groups in total. The molecule has 1 amide bonds. The number of carbonyl (C=O) groups is 1. The molecule has 2 aliphatic rings. The number of rotatable bonds is 2. The molecular formula is C18H18N2O4. The smallest absolute Gasteiger partial charge is 0.276 e. The van der Waals surface area contributed by atoms with Crippen LogP contribution in [-0.4, -0.2) is 39.9 Å². The third-order valence-electron chi connectivity index (χ3n) is 4.68. The van der Waals surface area contributed by atoms with E-state index < -0.39 is 11.2 Å². The van der Waals surface area contributed by atoms with E-state index in [4.69, 9.17) is 4.74 Å². The van der Waals surface area contributed by atoms with Crippen molar-refractivity contribution in [3.63, 3.8) is 0 Å². The number of aromatic nitrogens is 1. The summed E-state index contributed by atoms with van der Waals surface area (Å²) in [5, 5.41) is 10.2. The van der Waals surface area contributed by atoms with E-state index in [-0.39, 0.29) is 23.9 Å². The lowest BCUT2D eigenvalue weighted by Gasteiger charge is -2.45. The summed E-state index contributed by atoms with van der Waals surface area (Å²) in [6.45, 7) is 1.17. The monoisotopic (exact) mass is 326 g/mol. The van der Waals surface area contributed by atoms with Gasteiger partial charge < -0.3 is 19.3 Å². The second-order valence-corrected chi connectivity index (χ2v) is 6.15. The first-order valence-electron chi connectivity index (χ1n) is 8.07. The highest BCUT2D eigenvalue weighted by atomic mass is 16.5. The molecule has 2 aliphatic heterocycles. The van der Waals surface area contributed by atoms with E-state index in [2.05, 4.69) is 0 Å². The van der Waals surface area contributed by atoms with Crippen LogP contribution < -0.4 is 5.43 Å². The van der Waals surface area contributed by atoms with Crippen molar-refractivity contribution in [2.75, 3.05) is 13.2 Å². The van der Waals surface area contributed by atoms with Gasteiger partial charge in [0.25, 0.3) is 5.91 Å². The molecular weight excluding hydrogens is 308 g/mol. The Labute approximate surface area is 138 Å². The van der Waals surface area contributed by atoms with Gasteiger partial charge in [-0.1, -0.05) is 30.3 Å². The summed E-state index contributed by atoms with van der Waals surface area (Å²) in [7, 11) is 0. The first-order valence-corrected chi connectivity index (χ1v) is 8.07. The van der Waals surface area contributed by atoms with E-state index in [0.717, 1.165) is 12.0 Å². The summed E-state index contributed by atoms with van der Waals surface area (Å²) < 4.78 is 7.58.